The Labute approximate surface area is 96.5 Å². The maximum absolute atomic E-state index is 6.14. The van der Waals surface area contributed by atoms with E-state index < -0.39 is 0 Å². The van der Waals surface area contributed by atoms with Gasteiger partial charge in [-0.1, -0.05) is 11.6 Å². The molecule has 15 heavy (non-hydrogen) atoms. The van der Waals surface area contributed by atoms with Gasteiger partial charge in [-0.15, -0.1) is 11.3 Å². The summed E-state index contributed by atoms with van der Waals surface area (Å²) in [5.41, 5.74) is 2.31. The minimum Gasteiger partial charge on any atom is -0.348 e. The predicted molar refractivity (Wildman–Crippen MR) is 61.5 cm³/mol. The Kier molecular flexibility index (Phi) is 2.27. The number of H-pyrrole nitrogens is 1. The molecule has 3 nitrogen and oxygen atoms in total. The van der Waals surface area contributed by atoms with E-state index in [2.05, 4.69) is 15.3 Å². The standard InChI is InChI=1S/C10H10ClN3S/c11-6-2-4-15-10(6)9-8-7(1-3-12-9)13-5-14-8/h2,4-5,9,12H,1,3H2,(H,13,14). The second-order valence-electron chi connectivity index (χ2n) is 3.54. The summed E-state index contributed by atoms with van der Waals surface area (Å²) >= 11 is 7.81. The molecule has 5 heteroatoms. The topological polar surface area (TPSA) is 40.7 Å². The maximum Gasteiger partial charge on any atom is 0.0926 e. The molecule has 0 aliphatic carbocycles. The van der Waals surface area contributed by atoms with Crippen molar-refractivity contribution in [1.82, 2.24) is 15.3 Å². The van der Waals surface area contributed by atoms with Gasteiger partial charge in [0, 0.05) is 23.5 Å². The Morgan fingerprint density at radius 2 is 2.47 bits per heavy atom. The SMILES string of the molecule is Clc1ccsc1C1NCCc2[nH]cnc21. The maximum atomic E-state index is 6.14. The van der Waals surface area contributed by atoms with Crippen LogP contribution < -0.4 is 5.32 Å². The summed E-state index contributed by atoms with van der Waals surface area (Å²) in [5, 5.41) is 6.29. The van der Waals surface area contributed by atoms with Crippen LogP contribution in [0.2, 0.25) is 5.02 Å². The van der Waals surface area contributed by atoms with Crippen molar-refractivity contribution in [3.63, 3.8) is 0 Å². The van der Waals surface area contributed by atoms with Crippen molar-refractivity contribution in [1.29, 1.82) is 0 Å². The smallest absolute Gasteiger partial charge is 0.0926 e. The normalized spacial score (nSPS) is 20.2. The van der Waals surface area contributed by atoms with Crippen LogP contribution in [-0.2, 0) is 6.42 Å². The van der Waals surface area contributed by atoms with Crippen molar-refractivity contribution >= 4 is 22.9 Å². The van der Waals surface area contributed by atoms with E-state index >= 15 is 0 Å². The van der Waals surface area contributed by atoms with E-state index in [1.807, 2.05) is 11.4 Å². The molecule has 2 N–H and O–H groups in total. The lowest BCUT2D eigenvalue weighted by atomic mass is 10.0. The van der Waals surface area contributed by atoms with Crippen LogP contribution in [-0.4, -0.2) is 16.5 Å². The van der Waals surface area contributed by atoms with E-state index in [0.29, 0.717) is 0 Å². The van der Waals surface area contributed by atoms with Gasteiger partial charge in [0.1, 0.15) is 0 Å². The fourth-order valence-corrected chi connectivity index (χ4v) is 3.19. The van der Waals surface area contributed by atoms with Gasteiger partial charge in [-0.25, -0.2) is 4.98 Å². The average Bonchev–Trinajstić information content (AvgIpc) is 2.85. The van der Waals surface area contributed by atoms with Crippen molar-refractivity contribution in [2.75, 3.05) is 6.54 Å². The summed E-state index contributed by atoms with van der Waals surface area (Å²) in [6, 6.07) is 2.09. The molecular weight excluding hydrogens is 230 g/mol. The van der Waals surface area contributed by atoms with Crippen LogP contribution in [0.3, 0.4) is 0 Å². The van der Waals surface area contributed by atoms with E-state index in [1.54, 1.807) is 17.7 Å². The number of fused-ring (bicyclic) bond motifs is 1. The average molecular weight is 240 g/mol. The van der Waals surface area contributed by atoms with Crippen molar-refractivity contribution < 1.29 is 0 Å². The molecule has 0 aromatic carbocycles. The Balaban J connectivity index is 2.07. The molecule has 0 radical (unpaired) electrons. The van der Waals surface area contributed by atoms with Crippen LogP contribution in [0, 0.1) is 0 Å². The third kappa shape index (κ3) is 1.49. The van der Waals surface area contributed by atoms with Crippen LogP contribution in [0.1, 0.15) is 22.3 Å². The zero-order valence-electron chi connectivity index (χ0n) is 7.96. The highest BCUT2D eigenvalue weighted by Crippen LogP contribution is 2.34. The molecule has 1 aliphatic heterocycles. The summed E-state index contributed by atoms with van der Waals surface area (Å²) in [6.07, 6.45) is 2.76. The van der Waals surface area contributed by atoms with Gasteiger partial charge in [0.05, 0.1) is 23.1 Å². The molecule has 78 valence electrons. The molecule has 3 rings (SSSR count). The van der Waals surface area contributed by atoms with Crippen molar-refractivity contribution in [3.8, 4) is 0 Å². The molecule has 1 unspecified atom stereocenters. The first kappa shape index (κ1) is 9.39. The summed E-state index contributed by atoms with van der Waals surface area (Å²) in [4.78, 5) is 8.70. The largest absolute Gasteiger partial charge is 0.348 e. The zero-order chi connectivity index (χ0) is 10.3. The molecule has 2 aromatic rings. The first-order valence-electron chi connectivity index (χ1n) is 4.84. The number of imidazole rings is 1. The molecule has 3 heterocycles. The Bertz CT molecular complexity index is 476. The number of nitrogens with one attached hydrogen (secondary N) is 2. The van der Waals surface area contributed by atoms with Crippen LogP contribution in [0.5, 0.6) is 0 Å². The van der Waals surface area contributed by atoms with E-state index in [1.165, 1.54) is 5.69 Å². The monoisotopic (exact) mass is 239 g/mol. The molecule has 0 amide bonds. The fraction of sp³-hybridized carbons (Fsp3) is 0.300. The molecule has 1 atom stereocenters. The van der Waals surface area contributed by atoms with Crippen molar-refractivity contribution in [2.24, 2.45) is 0 Å². The highest BCUT2D eigenvalue weighted by Gasteiger charge is 2.26. The van der Waals surface area contributed by atoms with Crippen LogP contribution >= 0.6 is 22.9 Å². The van der Waals surface area contributed by atoms with Gasteiger partial charge in [-0.2, -0.15) is 0 Å². The van der Waals surface area contributed by atoms with Gasteiger partial charge in [-0.05, 0) is 11.4 Å². The summed E-state index contributed by atoms with van der Waals surface area (Å²) in [6.45, 7) is 0.966. The molecule has 1 aliphatic rings. The lowest BCUT2D eigenvalue weighted by Gasteiger charge is -2.22. The summed E-state index contributed by atoms with van der Waals surface area (Å²) in [5.74, 6) is 0. The van der Waals surface area contributed by atoms with Gasteiger partial charge in [-0.3, -0.25) is 0 Å². The molecular formula is C10H10ClN3S. The molecule has 0 fully saturated rings. The Hall–Kier alpha value is -0.840. The van der Waals surface area contributed by atoms with Crippen LogP contribution in [0.15, 0.2) is 17.8 Å². The van der Waals surface area contributed by atoms with Gasteiger partial charge in [0.2, 0.25) is 0 Å². The fourth-order valence-electron chi connectivity index (χ4n) is 1.95. The number of rotatable bonds is 1. The lowest BCUT2D eigenvalue weighted by molar-refractivity contribution is 0.560. The van der Waals surface area contributed by atoms with E-state index in [0.717, 1.165) is 28.6 Å². The Morgan fingerprint density at radius 1 is 1.53 bits per heavy atom. The molecule has 2 aromatic heterocycles. The highest BCUT2D eigenvalue weighted by molar-refractivity contribution is 7.10. The number of nitrogens with zero attached hydrogens (tertiary/aromatic N) is 1. The number of hydrogen-bond donors (Lipinski definition) is 2. The number of aromatic nitrogens is 2. The predicted octanol–water partition coefficient (Wildman–Crippen LogP) is 2.36. The van der Waals surface area contributed by atoms with Crippen LogP contribution in [0.4, 0.5) is 0 Å². The van der Waals surface area contributed by atoms with Gasteiger partial charge < -0.3 is 10.3 Å². The van der Waals surface area contributed by atoms with Crippen molar-refractivity contribution in [2.45, 2.75) is 12.5 Å². The molecule has 0 bridgehead atoms. The lowest BCUT2D eigenvalue weighted by Crippen LogP contribution is -2.30. The number of thiophene rings is 1. The minimum atomic E-state index is 0.160. The third-order valence-electron chi connectivity index (χ3n) is 2.66. The third-order valence-corrected chi connectivity index (χ3v) is 4.08. The molecule has 0 saturated heterocycles. The molecule has 0 saturated carbocycles. The second-order valence-corrected chi connectivity index (χ2v) is 4.89. The van der Waals surface area contributed by atoms with E-state index in [4.69, 9.17) is 11.6 Å². The number of hydrogen-bond acceptors (Lipinski definition) is 3. The Morgan fingerprint density at radius 3 is 3.27 bits per heavy atom. The summed E-state index contributed by atoms with van der Waals surface area (Å²) < 4.78 is 0. The molecule has 0 spiro atoms. The van der Waals surface area contributed by atoms with E-state index in [9.17, 15) is 0 Å². The number of halogens is 1. The minimum absolute atomic E-state index is 0.160. The highest BCUT2D eigenvalue weighted by atomic mass is 35.5. The number of aromatic amines is 1. The van der Waals surface area contributed by atoms with E-state index in [-0.39, 0.29) is 6.04 Å². The quantitative estimate of drug-likeness (QED) is 0.802. The second kappa shape index (κ2) is 3.63. The van der Waals surface area contributed by atoms with Crippen LogP contribution in [0.25, 0.3) is 0 Å². The van der Waals surface area contributed by atoms with Gasteiger partial charge >= 0.3 is 0 Å². The summed E-state index contributed by atoms with van der Waals surface area (Å²) in [7, 11) is 0. The first-order chi connectivity index (χ1) is 7.36. The van der Waals surface area contributed by atoms with Gasteiger partial charge in [0.25, 0.3) is 0 Å². The first-order valence-corrected chi connectivity index (χ1v) is 6.10. The van der Waals surface area contributed by atoms with Gasteiger partial charge in [0.15, 0.2) is 0 Å². The van der Waals surface area contributed by atoms with Crippen molar-refractivity contribution in [3.05, 3.63) is 39.1 Å². The zero-order valence-corrected chi connectivity index (χ0v) is 9.53.